The topological polar surface area (TPSA) is 81.1 Å². The lowest BCUT2D eigenvalue weighted by atomic mass is 9.95. The average molecular weight is 270 g/mol. The van der Waals surface area contributed by atoms with Crippen molar-refractivity contribution in [2.24, 2.45) is 0 Å². The van der Waals surface area contributed by atoms with Crippen LogP contribution < -0.4 is 0 Å². The maximum Gasteiger partial charge on any atom is 0.326 e. The Morgan fingerprint density at radius 2 is 1.84 bits per heavy atom. The number of urea groups is 1. The summed E-state index contributed by atoms with van der Waals surface area (Å²) in [6, 6.07) is -0.960. The Balaban J connectivity index is 2.02. The van der Waals surface area contributed by atoms with Crippen molar-refractivity contribution < 1.29 is 19.8 Å². The summed E-state index contributed by atoms with van der Waals surface area (Å²) in [6.07, 6.45) is 4.80. The molecule has 1 heterocycles. The van der Waals surface area contributed by atoms with Gasteiger partial charge in [0.05, 0.1) is 6.10 Å². The second-order valence-electron chi connectivity index (χ2n) is 5.58. The lowest BCUT2D eigenvalue weighted by Crippen LogP contribution is -2.50. The van der Waals surface area contributed by atoms with Crippen molar-refractivity contribution in [1.82, 2.24) is 9.80 Å². The van der Waals surface area contributed by atoms with Gasteiger partial charge < -0.3 is 20.0 Å². The molecular formula is C13H22N2O4. The van der Waals surface area contributed by atoms with Crippen LogP contribution in [0, 0.1) is 0 Å². The minimum atomic E-state index is -1.04. The molecule has 2 fully saturated rings. The molecule has 6 heteroatoms. The molecule has 0 bridgehead atoms. The molecule has 2 aliphatic rings. The van der Waals surface area contributed by atoms with Crippen LogP contribution in [0.15, 0.2) is 0 Å². The molecule has 0 aromatic heterocycles. The summed E-state index contributed by atoms with van der Waals surface area (Å²) in [5.74, 6) is -1.04. The molecule has 2 atom stereocenters. The van der Waals surface area contributed by atoms with Crippen molar-refractivity contribution in [1.29, 1.82) is 0 Å². The molecule has 2 N–H and O–H groups in total. The maximum atomic E-state index is 12.4. The monoisotopic (exact) mass is 270 g/mol. The third-order valence-electron chi connectivity index (χ3n) is 4.23. The van der Waals surface area contributed by atoms with Gasteiger partial charge in [-0.15, -0.1) is 0 Å². The van der Waals surface area contributed by atoms with Gasteiger partial charge in [-0.05, 0) is 12.8 Å². The van der Waals surface area contributed by atoms with Crippen LogP contribution in [0.1, 0.15) is 38.5 Å². The molecule has 19 heavy (non-hydrogen) atoms. The molecule has 1 aliphatic heterocycles. The van der Waals surface area contributed by atoms with Crippen LogP contribution in [0.4, 0.5) is 4.79 Å². The van der Waals surface area contributed by atoms with E-state index in [0.29, 0.717) is 0 Å². The zero-order chi connectivity index (χ0) is 14.0. The molecule has 108 valence electrons. The minimum Gasteiger partial charge on any atom is -0.480 e. The fourth-order valence-electron chi connectivity index (χ4n) is 3.09. The zero-order valence-electron chi connectivity index (χ0n) is 11.3. The van der Waals surface area contributed by atoms with Crippen molar-refractivity contribution in [3.63, 3.8) is 0 Å². The van der Waals surface area contributed by atoms with Crippen LogP contribution in [0.25, 0.3) is 0 Å². The van der Waals surface area contributed by atoms with E-state index in [-0.39, 0.29) is 25.0 Å². The fourth-order valence-corrected chi connectivity index (χ4v) is 3.09. The Bertz CT molecular complexity index is 355. The Kier molecular flexibility index (Phi) is 4.29. The van der Waals surface area contributed by atoms with Gasteiger partial charge in [0, 0.05) is 26.1 Å². The summed E-state index contributed by atoms with van der Waals surface area (Å²) in [5, 5.41) is 18.7. The van der Waals surface area contributed by atoms with Crippen LogP contribution in [-0.2, 0) is 4.79 Å². The average Bonchev–Trinajstić information content (AvgIpc) is 2.80. The van der Waals surface area contributed by atoms with Crippen molar-refractivity contribution in [2.75, 3.05) is 13.6 Å². The summed E-state index contributed by atoms with van der Waals surface area (Å²) >= 11 is 0. The molecule has 2 rings (SSSR count). The Morgan fingerprint density at radius 3 is 2.42 bits per heavy atom. The number of β-amino-alcohol motifs (C(OH)–C–C–N with tert-alkyl or cyclic N) is 1. The number of aliphatic carboxylic acids is 1. The van der Waals surface area contributed by atoms with Crippen LogP contribution >= 0.6 is 0 Å². The van der Waals surface area contributed by atoms with Gasteiger partial charge in [0.2, 0.25) is 0 Å². The normalized spacial score (nSPS) is 28.4. The number of aliphatic hydroxyl groups excluding tert-OH is 1. The molecule has 0 unspecified atom stereocenters. The van der Waals surface area contributed by atoms with Gasteiger partial charge in [-0.2, -0.15) is 0 Å². The number of carbonyl (C=O) groups is 2. The molecule has 0 aromatic rings. The lowest BCUT2D eigenvalue weighted by molar-refractivity contribution is -0.141. The van der Waals surface area contributed by atoms with Crippen LogP contribution in [0.2, 0.25) is 0 Å². The number of carboxylic acid groups (broad SMARTS) is 1. The second-order valence-corrected chi connectivity index (χ2v) is 5.58. The van der Waals surface area contributed by atoms with E-state index in [4.69, 9.17) is 5.11 Å². The summed E-state index contributed by atoms with van der Waals surface area (Å²) in [5.41, 5.74) is 0. The fraction of sp³-hybridized carbons (Fsp3) is 0.846. The van der Waals surface area contributed by atoms with Crippen molar-refractivity contribution in [2.45, 2.75) is 56.7 Å². The van der Waals surface area contributed by atoms with Gasteiger partial charge in [-0.25, -0.2) is 9.59 Å². The summed E-state index contributed by atoms with van der Waals surface area (Å²) in [7, 11) is 1.74. The van der Waals surface area contributed by atoms with Gasteiger partial charge in [0.15, 0.2) is 0 Å². The van der Waals surface area contributed by atoms with E-state index in [2.05, 4.69) is 0 Å². The van der Waals surface area contributed by atoms with Gasteiger partial charge in [-0.1, -0.05) is 19.3 Å². The van der Waals surface area contributed by atoms with E-state index in [0.717, 1.165) is 25.7 Å². The quantitative estimate of drug-likeness (QED) is 0.781. The molecule has 2 amide bonds. The van der Waals surface area contributed by atoms with E-state index in [1.165, 1.54) is 11.3 Å². The smallest absolute Gasteiger partial charge is 0.326 e. The van der Waals surface area contributed by atoms with E-state index < -0.39 is 18.1 Å². The predicted molar refractivity (Wildman–Crippen MR) is 68.8 cm³/mol. The first-order valence-electron chi connectivity index (χ1n) is 6.95. The third kappa shape index (κ3) is 3.00. The molecule has 6 nitrogen and oxygen atoms in total. The summed E-state index contributed by atoms with van der Waals surface area (Å²) in [6.45, 7) is 0.118. The maximum absolute atomic E-state index is 12.4. The van der Waals surface area contributed by atoms with Crippen LogP contribution in [0.5, 0.6) is 0 Å². The number of hydrogen-bond acceptors (Lipinski definition) is 3. The van der Waals surface area contributed by atoms with Gasteiger partial charge in [-0.3, -0.25) is 0 Å². The second kappa shape index (κ2) is 5.77. The van der Waals surface area contributed by atoms with Crippen molar-refractivity contribution in [3.05, 3.63) is 0 Å². The first-order valence-corrected chi connectivity index (χ1v) is 6.95. The number of carbonyl (C=O) groups excluding carboxylic acids is 1. The summed E-state index contributed by atoms with van der Waals surface area (Å²) in [4.78, 5) is 26.5. The Labute approximate surface area is 113 Å². The van der Waals surface area contributed by atoms with E-state index >= 15 is 0 Å². The first kappa shape index (κ1) is 14.1. The zero-order valence-corrected chi connectivity index (χ0v) is 11.3. The van der Waals surface area contributed by atoms with Crippen LogP contribution in [0.3, 0.4) is 0 Å². The van der Waals surface area contributed by atoms with Gasteiger partial charge in [0.25, 0.3) is 0 Å². The molecule has 0 radical (unpaired) electrons. The molecule has 0 aromatic carbocycles. The number of hydrogen-bond donors (Lipinski definition) is 2. The molecule has 1 saturated carbocycles. The predicted octanol–water partition coefficient (Wildman–Crippen LogP) is 0.891. The highest BCUT2D eigenvalue weighted by molar-refractivity contribution is 5.83. The van der Waals surface area contributed by atoms with Gasteiger partial charge >= 0.3 is 12.0 Å². The molecule has 0 spiro atoms. The largest absolute Gasteiger partial charge is 0.480 e. The summed E-state index contributed by atoms with van der Waals surface area (Å²) < 4.78 is 0. The van der Waals surface area contributed by atoms with E-state index in [1.807, 2.05) is 0 Å². The lowest BCUT2D eigenvalue weighted by Gasteiger charge is -2.35. The highest BCUT2D eigenvalue weighted by Crippen LogP contribution is 2.25. The number of aliphatic hydroxyl groups is 1. The van der Waals surface area contributed by atoms with Crippen molar-refractivity contribution in [3.8, 4) is 0 Å². The molecule has 1 saturated heterocycles. The standard InChI is InChI=1S/C13H22N2O4/c1-14(9-5-3-2-4-6-9)13(19)15-8-10(16)7-11(15)12(17)18/h9-11,16H,2-8H2,1H3,(H,17,18)/t10-,11-/m0/s1. The van der Waals surface area contributed by atoms with E-state index in [9.17, 15) is 14.7 Å². The number of rotatable bonds is 2. The van der Waals surface area contributed by atoms with Crippen molar-refractivity contribution >= 4 is 12.0 Å². The SMILES string of the molecule is CN(C(=O)N1C[C@@H](O)C[C@H]1C(=O)O)C1CCCCC1. The molecule has 1 aliphatic carbocycles. The third-order valence-corrected chi connectivity index (χ3v) is 4.23. The molecular weight excluding hydrogens is 248 g/mol. The first-order chi connectivity index (χ1) is 9.00. The minimum absolute atomic E-state index is 0.118. The highest BCUT2D eigenvalue weighted by atomic mass is 16.4. The number of amides is 2. The number of likely N-dealkylation sites (tertiary alicyclic amines) is 1. The van der Waals surface area contributed by atoms with Crippen LogP contribution in [-0.4, -0.2) is 63.8 Å². The highest BCUT2D eigenvalue weighted by Gasteiger charge is 2.41. The number of carboxylic acids is 1. The Morgan fingerprint density at radius 1 is 1.21 bits per heavy atom. The Hall–Kier alpha value is -1.30. The van der Waals surface area contributed by atoms with Gasteiger partial charge in [0.1, 0.15) is 6.04 Å². The van der Waals surface area contributed by atoms with E-state index in [1.54, 1.807) is 11.9 Å². The number of nitrogens with zero attached hydrogens (tertiary/aromatic N) is 2.